The van der Waals surface area contributed by atoms with Gasteiger partial charge in [-0.15, -0.1) is 0 Å². The van der Waals surface area contributed by atoms with Gasteiger partial charge in [0.05, 0.1) is 0 Å². The van der Waals surface area contributed by atoms with Crippen molar-refractivity contribution in [3.05, 3.63) is 29.8 Å². The van der Waals surface area contributed by atoms with Gasteiger partial charge in [-0.3, -0.25) is 0 Å². The zero-order valence-corrected chi connectivity index (χ0v) is 11.0. The van der Waals surface area contributed by atoms with Crippen LogP contribution >= 0.6 is 0 Å². The summed E-state index contributed by atoms with van der Waals surface area (Å²) in [6.07, 6.45) is 0.925. The summed E-state index contributed by atoms with van der Waals surface area (Å²) in [5.41, 5.74) is 2.29. The van der Waals surface area contributed by atoms with Crippen molar-refractivity contribution in [3.63, 3.8) is 0 Å². The Morgan fingerprint density at radius 2 is 2.11 bits per heavy atom. The lowest BCUT2D eigenvalue weighted by Crippen LogP contribution is -2.55. The van der Waals surface area contributed by atoms with E-state index in [1.165, 1.54) is 5.56 Å². The summed E-state index contributed by atoms with van der Waals surface area (Å²) >= 11 is 0. The summed E-state index contributed by atoms with van der Waals surface area (Å²) in [6.45, 7) is 4.35. The predicted molar refractivity (Wildman–Crippen MR) is 72.1 cm³/mol. The van der Waals surface area contributed by atoms with Crippen molar-refractivity contribution < 1.29 is 9.90 Å². The number of aryl methyl sites for hydroxylation is 1. The van der Waals surface area contributed by atoms with Crippen LogP contribution in [0.1, 0.15) is 12.5 Å². The number of rotatable bonds is 3. The quantitative estimate of drug-likeness (QED) is 0.879. The topological polar surface area (TPSA) is 43.8 Å². The first-order chi connectivity index (χ1) is 8.63. The highest BCUT2D eigenvalue weighted by molar-refractivity contribution is 5.79. The third kappa shape index (κ3) is 2.48. The van der Waals surface area contributed by atoms with Gasteiger partial charge in [-0.25, -0.2) is 4.79 Å². The Bertz CT molecular complexity index is 434. The molecule has 0 bridgehead atoms. The number of aliphatic carboxylic acids is 1. The Labute approximate surface area is 108 Å². The van der Waals surface area contributed by atoms with Crippen LogP contribution in [0.25, 0.3) is 0 Å². The van der Waals surface area contributed by atoms with Crippen molar-refractivity contribution in [3.8, 4) is 0 Å². The fraction of sp³-hybridized carbons (Fsp3) is 0.500. The van der Waals surface area contributed by atoms with Gasteiger partial charge in [-0.2, -0.15) is 0 Å². The maximum Gasteiger partial charge on any atom is 0.327 e. The van der Waals surface area contributed by atoms with Crippen molar-refractivity contribution in [1.29, 1.82) is 0 Å². The number of carboxylic acids is 1. The maximum atomic E-state index is 11.4. The number of hydrogen-bond donors (Lipinski definition) is 1. The van der Waals surface area contributed by atoms with Crippen molar-refractivity contribution in [2.75, 3.05) is 31.6 Å². The first-order valence-corrected chi connectivity index (χ1v) is 6.39. The smallest absolute Gasteiger partial charge is 0.327 e. The first kappa shape index (κ1) is 12.9. The number of carbonyl (C=O) groups is 1. The number of piperazine rings is 1. The second-order valence-corrected chi connectivity index (χ2v) is 4.79. The van der Waals surface area contributed by atoms with Crippen molar-refractivity contribution in [2.24, 2.45) is 0 Å². The molecule has 1 saturated heterocycles. The van der Waals surface area contributed by atoms with E-state index < -0.39 is 12.0 Å². The van der Waals surface area contributed by atoms with Gasteiger partial charge in [0.1, 0.15) is 6.04 Å². The fourth-order valence-corrected chi connectivity index (χ4v) is 2.51. The zero-order valence-electron chi connectivity index (χ0n) is 11.0. The Hall–Kier alpha value is -1.55. The van der Waals surface area contributed by atoms with Gasteiger partial charge in [-0.05, 0) is 25.1 Å². The second-order valence-electron chi connectivity index (χ2n) is 4.79. The van der Waals surface area contributed by atoms with Gasteiger partial charge in [0, 0.05) is 25.3 Å². The highest BCUT2D eigenvalue weighted by atomic mass is 16.4. The van der Waals surface area contributed by atoms with Crippen LogP contribution in [0.3, 0.4) is 0 Å². The highest BCUT2D eigenvalue weighted by Gasteiger charge is 2.31. The van der Waals surface area contributed by atoms with Gasteiger partial charge in [-0.1, -0.05) is 25.1 Å². The minimum Gasteiger partial charge on any atom is -0.480 e. The van der Waals surface area contributed by atoms with E-state index in [0.717, 1.165) is 25.2 Å². The second kappa shape index (κ2) is 5.40. The van der Waals surface area contributed by atoms with Crippen LogP contribution in [0, 0.1) is 0 Å². The van der Waals surface area contributed by atoms with E-state index in [0.29, 0.717) is 6.54 Å². The number of para-hydroxylation sites is 1. The van der Waals surface area contributed by atoms with E-state index in [1.807, 2.05) is 30.1 Å². The monoisotopic (exact) mass is 248 g/mol. The molecule has 1 aliphatic rings. The molecule has 4 nitrogen and oxygen atoms in total. The largest absolute Gasteiger partial charge is 0.480 e. The number of benzene rings is 1. The molecule has 1 fully saturated rings. The number of carboxylic acid groups (broad SMARTS) is 1. The molecule has 1 atom stereocenters. The molecular formula is C14H20N2O2. The lowest BCUT2D eigenvalue weighted by molar-refractivity contribution is -0.139. The summed E-state index contributed by atoms with van der Waals surface area (Å²) in [6, 6.07) is 7.64. The van der Waals surface area contributed by atoms with E-state index in [1.54, 1.807) is 0 Å². The summed E-state index contributed by atoms with van der Waals surface area (Å²) in [4.78, 5) is 15.5. The fourth-order valence-electron chi connectivity index (χ4n) is 2.51. The van der Waals surface area contributed by atoms with E-state index in [2.05, 4.69) is 17.9 Å². The molecule has 98 valence electrons. The zero-order chi connectivity index (χ0) is 13.1. The normalized spacial score (nSPS) is 21.0. The minimum atomic E-state index is -0.743. The average molecular weight is 248 g/mol. The first-order valence-electron chi connectivity index (χ1n) is 6.39. The molecule has 1 N–H and O–H groups in total. The summed E-state index contributed by atoms with van der Waals surface area (Å²) in [7, 11) is 1.97. The molecule has 1 aromatic carbocycles. The minimum absolute atomic E-state index is 0.448. The van der Waals surface area contributed by atoms with Crippen LogP contribution in [0.5, 0.6) is 0 Å². The predicted octanol–water partition coefficient (Wildman–Crippen LogP) is 1.45. The van der Waals surface area contributed by atoms with E-state index in [4.69, 9.17) is 0 Å². The molecule has 0 aliphatic carbocycles. The van der Waals surface area contributed by atoms with Crippen LogP contribution in [-0.2, 0) is 11.2 Å². The molecule has 1 heterocycles. The number of hydrogen-bond acceptors (Lipinski definition) is 3. The summed E-state index contributed by atoms with van der Waals surface area (Å²) < 4.78 is 0. The van der Waals surface area contributed by atoms with E-state index in [9.17, 15) is 9.90 Å². The highest BCUT2D eigenvalue weighted by Crippen LogP contribution is 2.25. The molecule has 2 rings (SSSR count). The van der Waals surface area contributed by atoms with Crippen LogP contribution < -0.4 is 4.90 Å². The standard InChI is InChI=1S/C14H20N2O2/c1-3-11-6-4-5-7-12(11)16-9-8-15(2)10-13(16)14(17)18/h4-7,13H,3,8-10H2,1-2H3,(H,17,18). The Kier molecular flexibility index (Phi) is 3.87. The van der Waals surface area contributed by atoms with E-state index in [-0.39, 0.29) is 0 Å². The SMILES string of the molecule is CCc1ccccc1N1CCN(C)CC1C(=O)O. The van der Waals surface area contributed by atoms with Crippen molar-refractivity contribution in [1.82, 2.24) is 4.90 Å². The number of anilines is 1. The Morgan fingerprint density at radius 3 is 2.78 bits per heavy atom. The Balaban J connectivity index is 2.32. The Morgan fingerprint density at radius 1 is 1.39 bits per heavy atom. The molecule has 18 heavy (non-hydrogen) atoms. The summed E-state index contributed by atoms with van der Waals surface area (Å²) in [5.74, 6) is -0.743. The molecule has 0 saturated carbocycles. The molecular weight excluding hydrogens is 228 g/mol. The van der Waals surface area contributed by atoms with Gasteiger partial charge in [0.15, 0.2) is 0 Å². The summed E-state index contributed by atoms with van der Waals surface area (Å²) in [5, 5.41) is 9.38. The maximum absolute atomic E-state index is 11.4. The van der Waals surface area contributed by atoms with Gasteiger partial charge in [0.25, 0.3) is 0 Å². The van der Waals surface area contributed by atoms with Crippen LogP contribution in [0.2, 0.25) is 0 Å². The number of likely N-dealkylation sites (N-methyl/N-ethyl adjacent to an activating group) is 1. The molecule has 0 amide bonds. The average Bonchev–Trinajstić information content (AvgIpc) is 2.38. The molecule has 1 unspecified atom stereocenters. The van der Waals surface area contributed by atoms with Crippen molar-refractivity contribution >= 4 is 11.7 Å². The van der Waals surface area contributed by atoms with Crippen molar-refractivity contribution in [2.45, 2.75) is 19.4 Å². The molecule has 0 radical (unpaired) electrons. The van der Waals surface area contributed by atoms with E-state index >= 15 is 0 Å². The molecule has 1 aromatic rings. The van der Waals surface area contributed by atoms with Gasteiger partial charge in [0.2, 0.25) is 0 Å². The third-order valence-electron chi connectivity index (χ3n) is 3.55. The molecule has 1 aliphatic heterocycles. The van der Waals surface area contributed by atoms with Crippen LogP contribution in [0.15, 0.2) is 24.3 Å². The van der Waals surface area contributed by atoms with Crippen LogP contribution in [0.4, 0.5) is 5.69 Å². The molecule has 0 spiro atoms. The lowest BCUT2D eigenvalue weighted by atomic mass is 10.1. The molecule has 0 aromatic heterocycles. The van der Waals surface area contributed by atoms with Gasteiger partial charge >= 0.3 is 5.97 Å². The van der Waals surface area contributed by atoms with Gasteiger partial charge < -0.3 is 14.9 Å². The van der Waals surface area contributed by atoms with Crippen LogP contribution in [-0.4, -0.2) is 48.7 Å². The molecule has 4 heteroatoms. The third-order valence-corrected chi connectivity index (χ3v) is 3.55. The lowest BCUT2D eigenvalue weighted by Gasteiger charge is -2.40. The number of nitrogens with zero attached hydrogens (tertiary/aromatic N) is 2.